The van der Waals surface area contributed by atoms with Crippen molar-refractivity contribution in [2.75, 3.05) is 0 Å². The van der Waals surface area contributed by atoms with Gasteiger partial charge in [0.05, 0.1) is 0 Å². The average Bonchev–Trinajstić information content (AvgIpc) is 2.31. The van der Waals surface area contributed by atoms with Crippen molar-refractivity contribution in [1.82, 2.24) is 0 Å². The van der Waals surface area contributed by atoms with E-state index in [1.54, 1.807) is 6.07 Å². The standard InChI is InChI=1S/C7H5F3O.C6H6/c8-7(9,10)11-6-4-2-1-3-5-6;1-2-4-6-5-3-1/h1-5H;1-6H. The van der Waals surface area contributed by atoms with Crippen LogP contribution >= 0.6 is 0 Å². The zero-order chi connectivity index (χ0) is 12.6. The fourth-order valence-electron chi connectivity index (χ4n) is 1.01. The Morgan fingerprint density at radius 2 is 1.00 bits per heavy atom. The maximum absolute atomic E-state index is 11.5. The minimum absolute atomic E-state index is 0.194. The van der Waals surface area contributed by atoms with E-state index in [-0.39, 0.29) is 5.75 Å². The largest absolute Gasteiger partial charge is 0.573 e. The fourth-order valence-corrected chi connectivity index (χ4v) is 1.01. The molecule has 4 heteroatoms. The van der Waals surface area contributed by atoms with Gasteiger partial charge in [0.2, 0.25) is 0 Å². The normalized spacial score (nSPS) is 10.1. The van der Waals surface area contributed by atoms with Gasteiger partial charge in [-0.1, -0.05) is 54.6 Å². The molecule has 1 nitrogen and oxygen atoms in total. The Labute approximate surface area is 97.5 Å². The van der Waals surface area contributed by atoms with Crippen LogP contribution < -0.4 is 4.74 Å². The van der Waals surface area contributed by atoms with Crippen LogP contribution in [0.15, 0.2) is 66.7 Å². The third kappa shape index (κ3) is 7.00. The van der Waals surface area contributed by atoms with Crippen molar-refractivity contribution in [1.29, 1.82) is 0 Å². The lowest BCUT2D eigenvalue weighted by atomic mass is 10.3. The summed E-state index contributed by atoms with van der Waals surface area (Å²) in [4.78, 5) is 0. The second-order valence-corrected chi connectivity index (χ2v) is 3.02. The Balaban J connectivity index is 0.000000202. The Bertz CT molecular complexity index is 371. The molecule has 0 aliphatic carbocycles. The van der Waals surface area contributed by atoms with Crippen molar-refractivity contribution in [2.45, 2.75) is 6.36 Å². The molecule has 0 aliphatic rings. The highest BCUT2D eigenvalue weighted by molar-refractivity contribution is 5.20. The molecule has 0 fully saturated rings. The van der Waals surface area contributed by atoms with Gasteiger partial charge in [-0.15, -0.1) is 13.2 Å². The summed E-state index contributed by atoms with van der Waals surface area (Å²) < 4.78 is 38.2. The monoisotopic (exact) mass is 240 g/mol. The summed E-state index contributed by atoms with van der Waals surface area (Å²) in [6.45, 7) is 0. The van der Waals surface area contributed by atoms with Gasteiger partial charge in [-0.2, -0.15) is 0 Å². The molecule has 0 radical (unpaired) electrons. The first-order valence-electron chi connectivity index (χ1n) is 4.89. The maximum Gasteiger partial charge on any atom is 0.573 e. The van der Waals surface area contributed by atoms with E-state index in [0.717, 1.165) is 0 Å². The molecule has 90 valence electrons. The molecule has 2 rings (SSSR count). The van der Waals surface area contributed by atoms with E-state index in [1.165, 1.54) is 24.3 Å². The number of hydrogen-bond acceptors (Lipinski definition) is 1. The van der Waals surface area contributed by atoms with E-state index in [1.807, 2.05) is 36.4 Å². The van der Waals surface area contributed by atoms with Crippen molar-refractivity contribution in [2.24, 2.45) is 0 Å². The first-order valence-corrected chi connectivity index (χ1v) is 4.89. The second-order valence-electron chi connectivity index (χ2n) is 3.02. The van der Waals surface area contributed by atoms with Crippen molar-refractivity contribution in [3.8, 4) is 5.75 Å². The molecule has 0 amide bonds. The van der Waals surface area contributed by atoms with E-state index in [4.69, 9.17) is 0 Å². The van der Waals surface area contributed by atoms with Crippen LogP contribution in [-0.4, -0.2) is 6.36 Å². The van der Waals surface area contributed by atoms with E-state index >= 15 is 0 Å². The molecular weight excluding hydrogens is 229 g/mol. The topological polar surface area (TPSA) is 9.23 Å². The van der Waals surface area contributed by atoms with Crippen molar-refractivity contribution in [3.63, 3.8) is 0 Å². The van der Waals surface area contributed by atoms with Crippen LogP contribution in [0, 0.1) is 0 Å². The van der Waals surface area contributed by atoms with Crippen molar-refractivity contribution >= 4 is 0 Å². The van der Waals surface area contributed by atoms with Gasteiger partial charge < -0.3 is 4.74 Å². The Hall–Kier alpha value is -1.97. The van der Waals surface area contributed by atoms with Gasteiger partial charge in [0.15, 0.2) is 0 Å². The quantitative estimate of drug-likeness (QED) is 0.723. The molecule has 0 heterocycles. The molecule has 0 spiro atoms. The molecule has 2 aromatic carbocycles. The summed E-state index contributed by atoms with van der Waals surface area (Å²) in [5.41, 5.74) is 0. The Morgan fingerprint density at radius 1 is 0.647 bits per heavy atom. The average molecular weight is 240 g/mol. The smallest absolute Gasteiger partial charge is 0.406 e. The molecule has 2 aromatic rings. The SMILES string of the molecule is FC(F)(F)Oc1ccccc1.c1ccccc1. The molecule has 0 saturated heterocycles. The van der Waals surface area contributed by atoms with E-state index in [9.17, 15) is 13.2 Å². The number of hydrogen-bond donors (Lipinski definition) is 0. The number of benzene rings is 2. The van der Waals surface area contributed by atoms with Crippen LogP contribution in [0.5, 0.6) is 5.75 Å². The van der Waals surface area contributed by atoms with Gasteiger partial charge in [-0.05, 0) is 12.1 Å². The van der Waals surface area contributed by atoms with Crippen molar-refractivity contribution < 1.29 is 17.9 Å². The molecular formula is C13H11F3O. The lowest BCUT2D eigenvalue weighted by Gasteiger charge is -2.07. The second kappa shape index (κ2) is 6.58. The first-order chi connectivity index (χ1) is 8.08. The van der Waals surface area contributed by atoms with Crippen LogP contribution in [0.4, 0.5) is 13.2 Å². The summed E-state index contributed by atoms with van der Waals surface area (Å²) >= 11 is 0. The molecule has 17 heavy (non-hydrogen) atoms. The predicted molar refractivity (Wildman–Crippen MR) is 59.6 cm³/mol. The van der Waals surface area contributed by atoms with Gasteiger partial charge >= 0.3 is 6.36 Å². The highest BCUT2D eigenvalue weighted by atomic mass is 19.4. The van der Waals surface area contributed by atoms with Crippen LogP contribution in [0.3, 0.4) is 0 Å². The van der Waals surface area contributed by atoms with Gasteiger partial charge in [0.25, 0.3) is 0 Å². The molecule has 0 N–H and O–H groups in total. The number of halogens is 3. The number of alkyl halides is 3. The lowest BCUT2D eigenvalue weighted by molar-refractivity contribution is -0.274. The summed E-state index contributed by atoms with van der Waals surface area (Å²) in [6, 6.07) is 19.0. The highest BCUT2D eigenvalue weighted by Gasteiger charge is 2.30. The molecule has 0 aromatic heterocycles. The van der Waals surface area contributed by atoms with E-state index < -0.39 is 6.36 Å². The zero-order valence-corrected chi connectivity index (χ0v) is 8.89. The van der Waals surface area contributed by atoms with Crippen LogP contribution in [0.2, 0.25) is 0 Å². The van der Waals surface area contributed by atoms with Crippen LogP contribution in [-0.2, 0) is 0 Å². The molecule has 0 atom stereocenters. The van der Waals surface area contributed by atoms with Gasteiger partial charge in [-0.25, -0.2) is 0 Å². The molecule has 0 aliphatic heterocycles. The number of ether oxygens (including phenoxy) is 1. The van der Waals surface area contributed by atoms with Gasteiger partial charge in [0.1, 0.15) is 5.75 Å². The predicted octanol–water partition coefficient (Wildman–Crippen LogP) is 4.27. The third-order valence-electron chi connectivity index (χ3n) is 1.64. The Kier molecular flexibility index (Phi) is 5.07. The summed E-state index contributed by atoms with van der Waals surface area (Å²) in [5, 5.41) is 0. The first kappa shape index (κ1) is 13.1. The van der Waals surface area contributed by atoms with Crippen molar-refractivity contribution in [3.05, 3.63) is 66.7 Å². The number of para-hydroxylation sites is 1. The van der Waals surface area contributed by atoms with E-state index in [0.29, 0.717) is 0 Å². The van der Waals surface area contributed by atoms with Gasteiger partial charge in [0, 0.05) is 0 Å². The molecule has 0 unspecified atom stereocenters. The molecule has 0 bridgehead atoms. The molecule has 0 saturated carbocycles. The van der Waals surface area contributed by atoms with Crippen LogP contribution in [0.1, 0.15) is 0 Å². The van der Waals surface area contributed by atoms with E-state index in [2.05, 4.69) is 4.74 Å². The van der Waals surface area contributed by atoms with Gasteiger partial charge in [-0.3, -0.25) is 0 Å². The summed E-state index contributed by atoms with van der Waals surface area (Å²) in [7, 11) is 0. The fraction of sp³-hybridized carbons (Fsp3) is 0.0769. The number of rotatable bonds is 1. The Morgan fingerprint density at radius 3 is 1.35 bits per heavy atom. The summed E-state index contributed by atoms with van der Waals surface area (Å²) in [5.74, 6) is -0.194. The third-order valence-corrected chi connectivity index (χ3v) is 1.64. The zero-order valence-electron chi connectivity index (χ0n) is 8.89. The summed E-state index contributed by atoms with van der Waals surface area (Å²) in [6.07, 6.45) is -4.60. The lowest BCUT2D eigenvalue weighted by Crippen LogP contribution is -2.16. The minimum atomic E-state index is -4.60. The maximum atomic E-state index is 11.5. The van der Waals surface area contributed by atoms with Crippen LogP contribution in [0.25, 0.3) is 0 Å². The highest BCUT2D eigenvalue weighted by Crippen LogP contribution is 2.21. The minimum Gasteiger partial charge on any atom is -0.406 e.